The molecular weight excluding hydrogens is 341 g/mol. The Morgan fingerprint density at radius 3 is 2.48 bits per heavy atom. The molecule has 134 valence electrons. The number of hydrogen-bond acceptors (Lipinski definition) is 3. The smallest absolute Gasteiger partial charge is 0.128 e. The molecule has 4 aromatic rings. The van der Waals surface area contributed by atoms with E-state index >= 15 is 0 Å². The first-order valence-electron chi connectivity index (χ1n) is 8.62. The summed E-state index contributed by atoms with van der Waals surface area (Å²) < 4.78 is 21.5. The summed E-state index contributed by atoms with van der Waals surface area (Å²) in [5, 5.41) is 4.70. The van der Waals surface area contributed by atoms with E-state index in [-0.39, 0.29) is 5.82 Å². The minimum Gasteiger partial charge on any atom is -0.496 e. The molecule has 0 spiro atoms. The van der Waals surface area contributed by atoms with Crippen molar-refractivity contribution in [2.45, 2.75) is 6.54 Å². The normalized spacial score (nSPS) is 10.7. The summed E-state index contributed by atoms with van der Waals surface area (Å²) in [5.41, 5.74) is 3.81. The standard InChI is InChI=1S/C22H18FN3O/c1-27-22-12-5-3-9-17(22)21-14-20(19-11-6-7-13-24-19)25-26(21)15-16-8-2-4-10-18(16)23/h2-14H,15H2,1H3. The molecule has 0 amide bonds. The van der Waals surface area contributed by atoms with E-state index in [1.807, 2.05) is 54.6 Å². The lowest BCUT2D eigenvalue weighted by Crippen LogP contribution is -2.06. The van der Waals surface area contributed by atoms with Crippen molar-refractivity contribution in [2.75, 3.05) is 7.11 Å². The largest absolute Gasteiger partial charge is 0.496 e. The summed E-state index contributed by atoms with van der Waals surface area (Å²) in [6, 6.07) is 22.1. The summed E-state index contributed by atoms with van der Waals surface area (Å²) >= 11 is 0. The Hall–Kier alpha value is -3.47. The Bertz CT molecular complexity index is 1060. The molecule has 0 saturated heterocycles. The third-order valence-electron chi connectivity index (χ3n) is 4.37. The molecule has 27 heavy (non-hydrogen) atoms. The molecule has 4 rings (SSSR count). The summed E-state index contributed by atoms with van der Waals surface area (Å²) in [5.74, 6) is 0.484. The summed E-state index contributed by atoms with van der Waals surface area (Å²) in [7, 11) is 1.63. The second-order valence-corrected chi connectivity index (χ2v) is 6.08. The summed E-state index contributed by atoms with van der Waals surface area (Å²) in [6.45, 7) is 0.312. The fourth-order valence-electron chi connectivity index (χ4n) is 3.04. The van der Waals surface area contributed by atoms with Crippen molar-refractivity contribution >= 4 is 0 Å². The van der Waals surface area contributed by atoms with E-state index in [4.69, 9.17) is 9.84 Å². The Kier molecular flexibility index (Phi) is 4.66. The van der Waals surface area contributed by atoms with E-state index in [1.165, 1.54) is 6.07 Å². The maximum absolute atomic E-state index is 14.2. The van der Waals surface area contributed by atoms with Gasteiger partial charge in [0.25, 0.3) is 0 Å². The third-order valence-corrected chi connectivity index (χ3v) is 4.37. The van der Waals surface area contributed by atoms with Crippen LogP contribution in [0.3, 0.4) is 0 Å². The second-order valence-electron chi connectivity index (χ2n) is 6.08. The minimum absolute atomic E-state index is 0.252. The van der Waals surface area contributed by atoms with Gasteiger partial charge in [0.05, 0.1) is 25.0 Å². The van der Waals surface area contributed by atoms with Gasteiger partial charge >= 0.3 is 0 Å². The van der Waals surface area contributed by atoms with Crippen molar-refractivity contribution in [3.05, 3.63) is 90.4 Å². The molecule has 0 aliphatic heterocycles. The lowest BCUT2D eigenvalue weighted by molar-refractivity contribution is 0.416. The maximum Gasteiger partial charge on any atom is 0.128 e. The number of halogens is 1. The molecule has 0 aliphatic carbocycles. The molecule has 5 heteroatoms. The predicted molar refractivity (Wildman–Crippen MR) is 103 cm³/mol. The number of aromatic nitrogens is 3. The van der Waals surface area contributed by atoms with Crippen LogP contribution in [0.4, 0.5) is 4.39 Å². The fourth-order valence-corrected chi connectivity index (χ4v) is 3.04. The van der Waals surface area contributed by atoms with Crippen molar-refractivity contribution in [3.63, 3.8) is 0 Å². The fraction of sp³-hybridized carbons (Fsp3) is 0.0909. The molecular formula is C22H18FN3O. The number of nitrogens with zero attached hydrogens (tertiary/aromatic N) is 3. The van der Waals surface area contributed by atoms with Crippen LogP contribution >= 0.6 is 0 Å². The molecule has 2 aromatic heterocycles. The maximum atomic E-state index is 14.2. The van der Waals surface area contributed by atoms with Crippen molar-refractivity contribution in [1.29, 1.82) is 0 Å². The first-order valence-corrected chi connectivity index (χ1v) is 8.62. The first-order chi connectivity index (χ1) is 13.3. The average Bonchev–Trinajstić information content (AvgIpc) is 3.14. The van der Waals surface area contributed by atoms with Gasteiger partial charge in [-0.2, -0.15) is 5.10 Å². The van der Waals surface area contributed by atoms with Gasteiger partial charge in [0.2, 0.25) is 0 Å². The number of ether oxygens (including phenoxy) is 1. The molecule has 0 N–H and O–H groups in total. The molecule has 0 atom stereocenters. The first kappa shape index (κ1) is 17.0. The molecule has 0 aliphatic rings. The third kappa shape index (κ3) is 3.44. The van der Waals surface area contributed by atoms with Gasteiger partial charge in [0, 0.05) is 17.3 Å². The number of pyridine rings is 1. The van der Waals surface area contributed by atoms with Crippen LogP contribution in [-0.4, -0.2) is 21.9 Å². The Morgan fingerprint density at radius 2 is 1.70 bits per heavy atom. The highest BCUT2D eigenvalue weighted by Crippen LogP contribution is 2.32. The van der Waals surface area contributed by atoms with E-state index in [1.54, 1.807) is 30.1 Å². The Morgan fingerprint density at radius 1 is 0.926 bits per heavy atom. The van der Waals surface area contributed by atoms with Gasteiger partial charge < -0.3 is 4.74 Å². The highest BCUT2D eigenvalue weighted by molar-refractivity contribution is 5.72. The van der Waals surface area contributed by atoms with Gasteiger partial charge in [-0.05, 0) is 36.4 Å². The molecule has 0 bridgehead atoms. The number of methoxy groups -OCH3 is 1. The van der Waals surface area contributed by atoms with Crippen molar-refractivity contribution in [2.24, 2.45) is 0 Å². The lowest BCUT2D eigenvalue weighted by atomic mass is 10.1. The van der Waals surface area contributed by atoms with Crippen molar-refractivity contribution < 1.29 is 9.13 Å². The van der Waals surface area contributed by atoms with E-state index in [9.17, 15) is 4.39 Å². The SMILES string of the molecule is COc1ccccc1-c1cc(-c2ccccn2)nn1Cc1ccccc1F. The quantitative estimate of drug-likeness (QED) is 0.513. The summed E-state index contributed by atoms with van der Waals surface area (Å²) in [4.78, 5) is 4.38. The number of hydrogen-bond donors (Lipinski definition) is 0. The van der Waals surface area contributed by atoms with E-state index in [2.05, 4.69) is 4.98 Å². The molecule has 2 aromatic carbocycles. The van der Waals surface area contributed by atoms with Crippen LogP contribution in [0.15, 0.2) is 79.0 Å². The summed E-state index contributed by atoms with van der Waals surface area (Å²) in [6.07, 6.45) is 1.73. The van der Waals surface area contributed by atoms with Crippen LogP contribution in [-0.2, 0) is 6.54 Å². The zero-order chi connectivity index (χ0) is 18.6. The zero-order valence-corrected chi connectivity index (χ0v) is 14.8. The van der Waals surface area contributed by atoms with E-state index < -0.39 is 0 Å². The number of benzene rings is 2. The molecule has 0 saturated carbocycles. The molecule has 2 heterocycles. The van der Waals surface area contributed by atoms with Crippen molar-refractivity contribution in [3.8, 4) is 28.4 Å². The predicted octanol–water partition coefficient (Wildman–Crippen LogP) is 4.81. The number of para-hydroxylation sites is 1. The van der Waals surface area contributed by atoms with Gasteiger partial charge in [-0.25, -0.2) is 4.39 Å². The molecule has 0 radical (unpaired) electrons. The molecule has 0 unspecified atom stereocenters. The topological polar surface area (TPSA) is 39.9 Å². The van der Waals surface area contributed by atoms with Crippen molar-refractivity contribution in [1.82, 2.24) is 14.8 Å². The van der Waals surface area contributed by atoms with Crippen LogP contribution in [0.25, 0.3) is 22.6 Å². The second kappa shape index (κ2) is 7.41. The van der Waals surface area contributed by atoms with E-state index in [0.717, 1.165) is 28.4 Å². The van der Waals surface area contributed by atoms with Crippen LogP contribution in [0.2, 0.25) is 0 Å². The molecule has 0 fully saturated rings. The van der Waals surface area contributed by atoms with Crippen LogP contribution in [0.1, 0.15) is 5.56 Å². The van der Waals surface area contributed by atoms with Crippen LogP contribution in [0.5, 0.6) is 5.75 Å². The zero-order valence-electron chi connectivity index (χ0n) is 14.8. The lowest BCUT2D eigenvalue weighted by Gasteiger charge is -2.11. The number of rotatable bonds is 5. The minimum atomic E-state index is -0.252. The Balaban J connectivity index is 1.85. The van der Waals surface area contributed by atoms with Gasteiger partial charge in [-0.3, -0.25) is 9.67 Å². The van der Waals surface area contributed by atoms with Gasteiger partial charge in [0.1, 0.15) is 17.3 Å². The van der Waals surface area contributed by atoms with Crippen LogP contribution < -0.4 is 4.74 Å². The van der Waals surface area contributed by atoms with E-state index in [0.29, 0.717) is 12.1 Å². The molecule has 4 nitrogen and oxygen atoms in total. The Labute approximate surface area is 156 Å². The highest BCUT2D eigenvalue weighted by Gasteiger charge is 2.16. The monoisotopic (exact) mass is 359 g/mol. The van der Waals surface area contributed by atoms with Gasteiger partial charge in [-0.15, -0.1) is 0 Å². The highest BCUT2D eigenvalue weighted by atomic mass is 19.1. The van der Waals surface area contributed by atoms with Gasteiger partial charge in [0.15, 0.2) is 0 Å². The van der Waals surface area contributed by atoms with Gasteiger partial charge in [-0.1, -0.05) is 36.4 Å². The van der Waals surface area contributed by atoms with Crippen LogP contribution in [0, 0.1) is 5.82 Å². The average molecular weight is 359 g/mol.